The Kier molecular flexibility index (Phi) is 7.94. The summed E-state index contributed by atoms with van der Waals surface area (Å²) < 4.78 is 55.7. The van der Waals surface area contributed by atoms with Gasteiger partial charge in [-0.25, -0.2) is 16.8 Å². The standard InChI is InChI=1S/C25H26N2O8S2/c1-17-14-18(2)25(27(16-23(30)31)37(34,35)21-12-8-5-9-13-21)19(3)24(17)26(15-22(28)29)36(32,33)20-10-6-4-7-11-20/h4-14H,15-16H2,1-3H3,(H,28,29)(H,30,31). The number of hydrogen-bond donors (Lipinski definition) is 2. The minimum Gasteiger partial charge on any atom is -0.480 e. The highest BCUT2D eigenvalue weighted by Gasteiger charge is 2.34. The molecule has 196 valence electrons. The molecule has 37 heavy (non-hydrogen) atoms. The van der Waals surface area contributed by atoms with Crippen molar-refractivity contribution in [2.24, 2.45) is 0 Å². The fourth-order valence-electron chi connectivity index (χ4n) is 4.19. The maximum absolute atomic E-state index is 13.6. The largest absolute Gasteiger partial charge is 0.480 e. The Hall–Kier alpha value is -3.90. The third kappa shape index (κ3) is 5.59. The van der Waals surface area contributed by atoms with Gasteiger partial charge in [-0.05, 0) is 61.7 Å². The van der Waals surface area contributed by atoms with Crippen LogP contribution in [-0.4, -0.2) is 52.1 Å². The molecule has 0 aliphatic heterocycles. The van der Waals surface area contributed by atoms with E-state index < -0.39 is 45.1 Å². The highest BCUT2D eigenvalue weighted by molar-refractivity contribution is 7.93. The Bertz CT molecular complexity index is 1420. The first-order valence-electron chi connectivity index (χ1n) is 11.0. The Morgan fingerprint density at radius 3 is 1.27 bits per heavy atom. The van der Waals surface area contributed by atoms with Gasteiger partial charge in [0.1, 0.15) is 13.1 Å². The van der Waals surface area contributed by atoms with Crippen molar-refractivity contribution in [3.8, 4) is 0 Å². The Morgan fingerprint density at radius 1 is 0.649 bits per heavy atom. The molecule has 3 aromatic carbocycles. The summed E-state index contributed by atoms with van der Waals surface area (Å²) in [4.78, 5) is 23.2. The number of rotatable bonds is 10. The van der Waals surface area contributed by atoms with Crippen molar-refractivity contribution in [3.63, 3.8) is 0 Å². The van der Waals surface area contributed by atoms with Crippen molar-refractivity contribution < 1.29 is 36.6 Å². The number of carboxylic acids is 2. The lowest BCUT2D eigenvalue weighted by Gasteiger charge is -2.31. The predicted molar refractivity (Wildman–Crippen MR) is 138 cm³/mol. The van der Waals surface area contributed by atoms with E-state index in [0.29, 0.717) is 19.7 Å². The molecule has 0 saturated carbocycles. The van der Waals surface area contributed by atoms with Crippen molar-refractivity contribution in [1.29, 1.82) is 0 Å². The van der Waals surface area contributed by atoms with E-state index in [9.17, 15) is 36.6 Å². The van der Waals surface area contributed by atoms with Crippen LogP contribution in [0.5, 0.6) is 0 Å². The van der Waals surface area contributed by atoms with E-state index in [0.717, 1.165) is 0 Å². The monoisotopic (exact) mass is 546 g/mol. The fraction of sp³-hybridized carbons (Fsp3) is 0.200. The molecule has 0 aromatic heterocycles. The van der Waals surface area contributed by atoms with E-state index in [1.165, 1.54) is 61.5 Å². The van der Waals surface area contributed by atoms with Gasteiger partial charge < -0.3 is 10.2 Å². The number of carbonyl (C=O) groups is 2. The Labute approximate surface area is 215 Å². The van der Waals surface area contributed by atoms with Crippen LogP contribution in [0.15, 0.2) is 76.5 Å². The van der Waals surface area contributed by atoms with Gasteiger partial charge in [0.25, 0.3) is 20.0 Å². The van der Waals surface area contributed by atoms with Gasteiger partial charge in [-0.1, -0.05) is 42.5 Å². The van der Waals surface area contributed by atoms with E-state index in [2.05, 4.69) is 0 Å². The zero-order chi connectivity index (χ0) is 27.5. The van der Waals surface area contributed by atoms with Gasteiger partial charge in [0.2, 0.25) is 0 Å². The van der Waals surface area contributed by atoms with E-state index in [4.69, 9.17) is 0 Å². The topological polar surface area (TPSA) is 149 Å². The molecule has 0 saturated heterocycles. The van der Waals surface area contributed by atoms with Crippen molar-refractivity contribution in [2.45, 2.75) is 30.6 Å². The summed E-state index contributed by atoms with van der Waals surface area (Å²) in [5, 5.41) is 19.2. The van der Waals surface area contributed by atoms with Crippen LogP contribution in [-0.2, 0) is 29.6 Å². The summed E-state index contributed by atoms with van der Waals surface area (Å²) in [6.07, 6.45) is 0. The maximum atomic E-state index is 13.6. The summed E-state index contributed by atoms with van der Waals surface area (Å²) in [7, 11) is -8.78. The number of sulfonamides is 2. The molecule has 3 rings (SSSR count). The van der Waals surface area contributed by atoms with Gasteiger partial charge in [0.15, 0.2) is 0 Å². The fourth-order valence-corrected chi connectivity index (χ4v) is 7.30. The van der Waals surface area contributed by atoms with Crippen LogP contribution in [0.4, 0.5) is 11.4 Å². The number of hydrogen-bond acceptors (Lipinski definition) is 6. The predicted octanol–water partition coefficient (Wildman–Crippen LogP) is 3.17. The molecule has 0 unspecified atom stereocenters. The number of aryl methyl sites for hydroxylation is 2. The number of nitrogens with zero attached hydrogens (tertiary/aromatic N) is 2. The zero-order valence-electron chi connectivity index (χ0n) is 20.3. The highest BCUT2D eigenvalue weighted by Crippen LogP contribution is 2.40. The van der Waals surface area contributed by atoms with Crippen molar-refractivity contribution in [2.75, 3.05) is 21.7 Å². The van der Waals surface area contributed by atoms with Crippen molar-refractivity contribution in [3.05, 3.63) is 83.4 Å². The molecule has 2 N–H and O–H groups in total. The molecule has 10 nitrogen and oxygen atoms in total. The van der Waals surface area contributed by atoms with Gasteiger partial charge in [-0.3, -0.25) is 18.2 Å². The smallest absolute Gasteiger partial charge is 0.324 e. The Morgan fingerprint density at radius 2 is 0.973 bits per heavy atom. The van der Waals surface area contributed by atoms with E-state index in [1.54, 1.807) is 26.0 Å². The molecule has 0 aliphatic rings. The first-order chi connectivity index (χ1) is 17.3. The molecule has 0 fully saturated rings. The lowest BCUT2D eigenvalue weighted by atomic mass is 10.0. The summed E-state index contributed by atoms with van der Waals surface area (Å²) in [5.74, 6) is -2.86. The second-order valence-electron chi connectivity index (χ2n) is 8.27. The van der Waals surface area contributed by atoms with Gasteiger partial charge in [0, 0.05) is 0 Å². The van der Waals surface area contributed by atoms with Crippen LogP contribution >= 0.6 is 0 Å². The van der Waals surface area contributed by atoms with Crippen molar-refractivity contribution >= 4 is 43.4 Å². The minimum atomic E-state index is -4.39. The summed E-state index contributed by atoms with van der Waals surface area (Å²) in [5.41, 5.74) is 0.730. The highest BCUT2D eigenvalue weighted by atomic mass is 32.2. The molecular weight excluding hydrogens is 520 g/mol. The number of aliphatic carboxylic acids is 2. The molecule has 12 heteroatoms. The second-order valence-corrected chi connectivity index (χ2v) is 12.0. The SMILES string of the molecule is Cc1cc(C)c(N(CC(=O)O)S(=O)(=O)c2ccccc2)c(C)c1N(CC(=O)O)S(=O)(=O)c1ccccc1. The lowest BCUT2D eigenvalue weighted by Crippen LogP contribution is -2.39. The van der Waals surface area contributed by atoms with E-state index >= 15 is 0 Å². The molecule has 0 bridgehead atoms. The molecule has 0 radical (unpaired) electrons. The van der Waals surface area contributed by atoms with Crippen LogP contribution in [0.3, 0.4) is 0 Å². The van der Waals surface area contributed by atoms with Crippen LogP contribution in [0.2, 0.25) is 0 Å². The quantitative estimate of drug-likeness (QED) is 0.394. The first kappa shape index (κ1) is 27.7. The van der Waals surface area contributed by atoms with Gasteiger partial charge in [-0.2, -0.15) is 0 Å². The van der Waals surface area contributed by atoms with Crippen LogP contribution in [0.1, 0.15) is 16.7 Å². The maximum Gasteiger partial charge on any atom is 0.324 e. The van der Waals surface area contributed by atoms with E-state index in [1.807, 2.05) is 0 Å². The number of benzene rings is 3. The normalized spacial score (nSPS) is 11.6. The number of anilines is 2. The molecule has 0 heterocycles. The molecular formula is C25H26N2O8S2. The summed E-state index contributed by atoms with van der Waals surface area (Å²) >= 11 is 0. The Balaban J connectivity index is 2.34. The molecule has 3 aromatic rings. The molecule has 0 spiro atoms. The van der Waals surface area contributed by atoms with E-state index in [-0.39, 0.29) is 26.7 Å². The molecule has 0 aliphatic carbocycles. The first-order valence-corrected chi connectivity index (χ1v) is 13.9. The van der Waals surface area contributed by atoms with Crippen LogP contribution in [0.25, 0.3) is 0 Å². The third-order valence-corrected chi connectivity index (χ3v) is 9.13. The third-order valence-electron chi connectivity index (χ3n) is 5.61. The molecule has 0 amide bonds. The van der Waals surface area contributed by atoms with Crippen LogP contribution < -0.4 is 8.61 Å². The summed E-state index contributed by atoms with van der Waals surface area (Å²) in [6.45, 7) is 2.70. The van der Waals surface area contributed by atoms with Gasteiger partial charge >= 0.3 is 11.9 Å². The number of carboxylic acid groups (broad SMARTS) is 2. The second kappa shape index (κ2) is 10.6. The summed E-state index contributed by atoms with van der Waals surface area (Å²) in [6, 6.07) is 16.0. The minimum absolute atomic E-state index is 0.0505. The lowest BCUT2D eigenvalue weighted by molar-refractivity contribution is -0.136. The molecule has 0 atom stereocenters. The average Bonchev–Trinajstić information content (AvgIpc) is 2.83. The van der Waals surface area contributed by atoms with Gasteiger partial charge in [0.05, 0.1) is 21.2 Å². The van der Waals surface area contributed by atoms with Gasteiger partial charge in [-0.15, -0.1) is 0 Å². The van der Waals surface area contributed by atoms with Crippen LogP contribution in [0, 0.1) is 20.8 Å². The zero-order valence-corrected chi connectivity index (χ0v) is 22.0. The van der Waals surface area contributed by atoms with Crippen molar-refractivity contribution in [1.82, 2.24) is 0 Å². The average molecular weight is 547 g/mol.